The van der Waals surface area contributed by atoms with E-state index in [9.17, 15) is 13.2 Å². The third kappa shape index (κ3) is 4.24. The highest BCUT2D eigenvalue weighted by molar-refractivity contribution is 7.92. The number of nitrogens with zero attached hydrogens (tertiary/aromatic N) is 1. The maximum Gasteiger partial charge on any atom is 0.343 e. The minimum atomic E-state index is -3.74. The molecule has 6 heteroatoms. The van der Waals surface area contributed by atoms with Crippen LogP contribution in [0, 0.1) is 20.8 Å². The zero-order valence-electron chi connectivity index (χ0n) is 17.5. The molecule has 0 unspecified atom stereocenters. The Labute approximate surface area is 178 Å². The summed E-state index contributed by atoms with van der Waals surface area (Å²) in [5.74, 6) is 0.0177. The van der Waals surface area contributed by atoms with E-state index in [1.807, 2.05) is 39.0 Å². The average Bonchev–Trinajstić information content (AvgIpc) is 2.75. The first-order valence-electron chi connectivity index (χ1n) is 9.72. The van der Waals surface area contributed by atoms with Crippen LogP contribution in [0.15, 0.2) is 71.6 Å². The molecule has 0 heterocycles. The number of sulfonamides is 1. The van der Waals surface area contributed by atoms with Gasteiger partial charge in [0.15, 0.2) is 0 Å². The van der Waals surface area contributed by atoms with Crippen molar-refractivity contribution < 1.29 is 17.9 Å². The molecule has 0 aromatic heterocycles. The van der Waals surface area contributed by atoms with Crippen molar-refractivity contribution in [3.05, 3.63) is 89.0 Å². The number of hydrogen-bond acceptors (Lipinski definition) is 4. The summed E-state index contributed by atoms with van der Waals surface area (Å²) in [4.78, 5) is 12.7. The molecule has 0 spiro atoms. The van der Waals surface area contributed by atoms with E-state index >= 15 is 0 Å². The van der Waals surface area contributed by atoms with Crippen LogP contribution in [0.25, 0.3) is 0 Å². The number of carbonyl (C=O) groups excluding carboxylic acids is 1. The number of aryl methyl sites for hydroxylation is 2. The topological polar surface area (TPSA) is 63.7 Å². The molecule has 0 fully saturated rings. The Morgan fingerprint density at radius 1 is 0.867 bits per heavy atom. The number of ether oxygens (including phenoxy) is 1. The first-order valence-corrected chi connectivity index (χ1v) is 11.2. The fraction of sp³-hybridized carbons (Fsp3) is 0.208. The van der Waals surface area contributed by atoms with Crippen molar-refractivity contribution >= 4 is 21.7 Å². The molecule has 0 aliphatic carbocycles. The summed E-state index contributed by atoms with van der Waals surface area (Å²) >= 11 is 0. The predicted octanol–water partition coefficient (Wildman–Crippen LogP) is 5.05. The lowest BCUT2D eigenvalue weighted by Crippen LogP contribution is -2.30. The van der Waals surface area contributed by atoms with E-state index in [0.717, 1.165) is 16.7 Å². The highest BCUT2D eigenvalue weighted by Gasteiger charge is 2.24. The largest absolute Gasteiger partial charge is 0.422 e. The second-order valence-corrected chi connectivity index (χ2v) is 8.94. The molecule has 0 atom stereocenters. The first kappa shape index (κ1) is 21.6. The van der Waals surface area contributed by atoms with Crippen molar-refractivity contribution in [3.8, 4) is 5.75 Å². The van der Waals surface area contributed by atoms with Gasteiger partial charge in [0, 0.05) is 6.54 Å². The molecule has 5 nitrogen and oxygen atoms in total. The van der Waals surface area contributed by atoms with Gasteiger partial charge in [-0.15, -0.1) is 0 Å². The lowest BCUT2D eigenvalue weighted by molar-refractivity contribution is 0.0732. The Bertz CT molecular complexity index is 1150. The number of rotatable bonds is 6. The standard InChI is InChI=1S/C24H25NO4S/c1-5-25(21-9-7-6-8-10-21)30(27,28)22-15-13-20(14-16-22)24(26)29-23-18(3)12-11-17(2)19(23)4/h6-16H,5H2,1-4H3. The summed E-state index contributed by atoms with van der Waals surface area (Å²) in [6.07, 6.45) is 0. The van der Waals surface area contributed by atoms with Crippen LogP contribution in [0.5, 0.6) is 5.75 Å². The van der Waals surface area contributed by atoms with E-state index < -0.39 is 16.0 Å². The Morgan fingerprint density at radius 2 is 1.47 bits per heavy atom. The van der Waals surface area contributed by atoms with Gasteiger partial charge in [-0.05, 0) is 80.8 Å². The Hall–Kier alpha value is -3.12. The number of anilines is 1. The molecule has 30 heavy (non-hydrogen) atoms. The zero-order valence-corrected chi connectivity index (χ0v) is 18.4. The van der Waals surface area contributed by atoms with Crippen LogP contribution in [-0.2, 0) is 10.0 Å². The third-order valence-corrected chi connectivity index (χ3v) is 6.99. The van der Waals surface area contributed by atoms with Gasteiger partial charge < -0.3 is 4.74 Å². The molecule has 0 saturated carbocycles. The zero-order chi connectivity index (χ0) is 21.9. The van der Waals surface area contributed by atoms with E-state index in [1.54, 1.807) is 31.2 Å². The Balaban J connectivity index is 1.86. The molecule has 3 aromatic rings. The highest BCUT2D eigenvalue weighted by atomic mass is 32.2. The van der Waals surface area contributed by atoms with Crippen LogP contribution in [0.2, 0.25) is 0 Å². The van der Waals surface area contributed by atoms with Crippen molar-refractivity contribution in [2.24, 2.45) is 0 Å². The molecule has 156 valence electrons. The summed E-state index contributed by atoms with van der Waals surface area (Å²) in [6, 6.07) is 18.6. The maximum atomic E-state index is 13.1. The molecule has 3 rings (SSSR count). The van der Waals surface area contributed by atoms with Crippen LogP contribution in [0.4, 0.5) is 5.69 Å². The van der Waals surface area contributed by atoms with Gasteiger partial charge >= 0.3 is 5.97 Å². The van der Waals surface area contributed by atoms with Crippen molar-refractivity contribution in [1.82, 2.24) is 0 Å². The summed E-state index contributed by atoms with van der Waals surface area (Å²) in [7, 11) is -3.74. The van der Waals surface area contributed by atoms with Crippen LogP contribution in [0.1, 0.15) is 34.0 Å². The normalized spacial score (nSPS) is 11.2. The minimum Gasteiger partial charge on any atom is -0.422 e. The quantitative estimate of drug-likeness (QED) is 0.411. The van der Waals surface area contributed by atoms with E-state index in [4.69, 9.17) is 4.74 Å². The monoisotopic (exact) mass is 423 g/mol. The predicted molar refractivity (Wildman–Crippen MR) is 119 cm³/mol. The SMILES string of the molecule is CCN(c1ccccc1)S(=O)(=O)c1ccc(C(=O)Oc2c(C)ccc(C)c2C)cc1. The Morgan fingerprint density at radius 3 is 2.07 bits per heavy atom. The molecule has 0 aliphatic heterocycles. The third-order valence-electron chi connectivity index (χ3n) is 5.08. The molecule has 0 saturated heterocycles. The second-order valence-electron chi connectivity index (χ2n) is 7.07. The van der Waals surface area contributed by atoms with Gasteiger partial charge in [-0.1, -0.05) is 30.3 Å². The van der Waals surface area contributed by atoms with Gasteiger partial charge in [0.05, 0.1) is 16.1 Å². The first-order chi connectivity index (χ1) is 14.3. The van der Waals surface area contributed by atoms with Gasteiger partial charge in [-0.25, -0.2) is 13.2 Å². The van der Waals surface area contributed by atoms with Crippen LogP contribution in [0.3, 0.4) is 0 Å². The molecule has 0 radical (unpaired) electrons. The van der Waals surface area contributed by atoms with Gasteiger partial charge in [0.25, 0.3) is 10.0 Å². The van der Waals surface area contributed by atoms with Crippen LogP contribution < -0.4 is 9.04 Å². The number of hydrogen-bond donors (Lipinski definition) is 0. The summed E-state index contributed by atoms with van der Waals surface area (Å²) in [6.45, 7) is 7.82. The number of para-hydroxylation sites is 1. The molecule has 0 aliphatic rings. The van der Waals surface area contributed by atoms with E-state index in [0.29, 0.717) is 18.0 Å². The van der Waals surface area contributed by atoms with Crippen LogP contribution >= 0.6 is 0 Å². The number of esters is 1. The summed E-state index contributed by atoms with van der Waals surface area (Å²) in [5, 5.41) is 0. The molecular formula is C24H25NO4S. The lowest BCUT2D eigenvalue weighted by atomic mass is 10.1. The lowest BCUT2D eigenvalue weighted by Gasteiger charge is -2.23. The van der Waals surface area contributed by atoms with E-state index in [-0.39, 0.29) is 10.5 Å². The molecule has 3 aromatic carbocycles. The van der Waals surface area contributed by atoms with E-state index in [2.05, 4.69) is 0 Å². The smallest absolute Gasteiger partial charge is 0.343 e. The fourth-order valence-electron chi connectivity index (χ4n) is 3.21. The van der Waals surface area contributed by atoms with Gasteiger partial charge in [-0.3, -0.25) is 4.31 Å². The van der Waals surface area contributed by atoms with Gasteiger partial charge in [-0.2, -0.15) is 0 Å². The Kier molecular flexibility index (Phi) is 6.27. The van der Waals surface area contributed by atoms with Crippen molar-refractivity contribution in [1.29, 1.82) is 0 Å². The maximum absolute atomic E-state index is 13.1. The molecular weight excluding hydrogens is 398 g/mol. The van der Waals surface area contributed by atoms with E-state index in [1.165, 1.54) is 28.6 Å². The average molecular weight is 424 g/mol. The van der Waals surface area contributed by atoms with Gasteiger partial charge in [0.2, 0.25) is 0 Å². The molecule has 0 N–H and O–H groups in total. The minimum absolute atomic E-state index is 0.118. The fourth-order valence-corrected chi connectivity index (χ4v) is 4.68. The second kappa shape index (κ2) is 8.71. The number of benzene rings is 3. The summed E-state index contributed by atoms with van der Waals surface area (Å²) < 4.78 is 33.1. The van der Waals surface area contributed by atoms with Crippen molar-refractivity contribution in [2.45, 2.75) is 32.6 Å². The molecule has 0 amide bonds. The van der Waals surface area contributed by atoms with Crippen molar-refractivity contribution in [3.63, 3.8) is 0 Å². The van der Waals surface area contributed by atoms with Crippen LogP contribution in [-0.4, -0.2) is 20.9 Å². The summed E-state index contributed by atoms with van der Waals surface area (Å²) in [5.41, 5.74) is 3.69. The van der Waals surface area contributed by atoms with Gasteiger partial charge in [0.1, 0.15) is 5.75 Å². The number of carbonyl (C=O) groups is 1. The highest BCUT2D eigenvalue weighted by Crippen LogP contribution is 2.27. The van der Waals surface area contributed by atoms with Crippen molar-refractivity contribution in [2.75, 3.05) is 10.8 Å². The molecule has 0 bridgehead atoms.